The smallest absolute Gasteiger partial charge is 0.337 e. The highest BCUT2D eigenvalue weighted by molar-refractivity contribution is 7.92. The molecule has 0 spiro atoms. The maximum atomic E-state index is 13.0. The maximum Gasteiger partial charge on any atom is 0.337 e. The fourth-order valence-corrected chi connectivity index (χ4v) is 5.82. The summed E-state index contributed by atoms with van der Waals surface area (Å²) < 4.78 is 28.6. The summed E-state index contributed by atoms with van der Waals surface area (Å²) in [4.78, 5) is 14.3. The molecule has 2 aromatic rings. The van der Waals surface area contributed by atoms with Crippen molar-refractivity contribution in [2.24, 2.45) is 11.8 Å². The first-order valence-electron chi connectivity index (χ1n) is 12.3. The Kier molecular flexibility index (Phi) is 8.63. The molecule has 0 aromatic heterocycles. The fraction of sp³-hybridized carbons (Fsp3) is 0.519. The van der Waals surface area contributed by atoms with E-state index in [1.807, 2.05) is 12.1 Å². The fourth-order valence-electron chi connectivity index (χ4n) is 4.77. The third-order valence-corrected chi connectivity index (χ3v) is 7.66. The number of nitrogens with one attached hydrogen (secondary N) is 1. The predicted molar refractivity (Wildman–Crippen MR) is 138 cm³/mol. The van der Waals surface area contributed by atoms with Gasteiger partial charge >= 0.3 is 5.97 Å². The monoisotopic (exact) mass is 486 g/mol. The Morgan fingerprint density at radius 2 is 1.56 bits per heavy atom. The Bertz CT molecular complexity index is 1060. The van der Waals surface area contributed by atoms with Crippen LogP contribution < -0.4 is 9.62 Å². The van der Waals surface area contributed by atoms with Gasteiger partial charge in [-0.25, -0.2) is 13.2 Å². The summed E-state index contributed by atoms with van der Waals surface area (Å²) in [5.41, 5.74) is 2.13. The van der Waals surface area contributed by atoms with E-state index in [1.165, 1.54) is 30.9 Å². The molecule has 1 aliphatic carbocycles. The number of benzene rings is 2. The lowest BCUT2D eigenvalue weighted by Gasteiger charge is -2.30. The van der Waals surface area contributed by atoms with Gasteiger partial charge < -0.3 is 10.0 Å². The van der Waals surface area contributed by atoms with Crippen LogP contribution in [0.2, 0.25) is 0 Å². The molecular weight excluding hydrogens is 448 g/mol. The highest BCUT2D eigenvalue weighted by Gasteiger charge is 2.22. The Hall–Kier alpha value is -2.54. The van der Waals surface area contributed by atoms with Crippen LogP contribution in [0.4, 0.5) is 11.4 Å². The number of carboxylic acids is 1. The molecule has 1 saturated carbocycles. The van der Waals surface area contributed by atoms with Crippen LogP contribution in [0.1, 0.15) is 81.6 Å². The number of sulfonamides is 1. The van der Waals surface area contributed by atoms with Crippen LogP contribution in [0.5, 0.6) is 0 Å². The molecule has 7 heteroatoms. The molecule has 1 fully saturated rings. The van der Waals surface area contributed by atoms with Crippen molar-refractivity contribution in [3.05, 3.63) is 53.6 Å². The first-order valence-corrected chi connectivity index (χ1v) is 13.8. The lowest BCUT2D eigenvalue weighted by Crippen LogP contribution is -2.32. The highest BCUT2D eigenvalue weighted by atomic mass is 32.2. The summed E-state index contributed by atoms with van der Waals surface area (Å²) in [6.45, 7) is 9.81. The van der Waals surface area contributed by atoms with Gasteiger partial charge in [0.25, 0.3) is 10.0 Å². The van der Waals surface area contributed by atoms with Gasteiger partial charge in [0.2, 0.25) is 0 Å². The largest absolute Gasteiger partial charge is 0.478 e. The summed E-state index contributed by atoms with van der Waals surface area (Å²) in [6, 6.07) is 11.9. The van der Waals surface area contributed by atoms with Crippen LogP contribution in [0.25, 0.3) is 0 Å². The van der Waals surface area contributed by atoms with Gasteiger partial charge in [-0.15, -0.1) is 0 Å². The third kappa shape index (κ3) is 6.75. The average Bonchev–Trinajstić information content (AvgIpc) is 2.78. The van der Waals surface area contributed by atoms with Crippen LogP contribution in [0.3, 0.4) is 0 Å². The number of aromatic carboxylic acids is 1. The zero-order valence-electron chi connectivity index (χ0n) is 20.8. The zero-order chi connectivity index (χ0) is 24.9. The Morgan fingerprint density at radius 3 is 2.09 bits per heavy atom. The van der Waals surface area contributed by atoms with E-state index in [0.717, 1.165) is 25.9 Å². The minimum atomic E-state index is -3.83. The van der Waals surface area contributed by atoms with Crippen molar-refractivity contribution in [3.63, 3.8) is 0 Å². The van der Waals surface area contributed by atoms with Gasteiger partial charge in [-0.1, -0.05) is 59.1 Å². The van der Waals surface area contributed by atoms with Gasteiger partial charge in [-0.05, 0) is 66.5 Å². The molecule has 0 amide bonds. The van der Waals surface area contributed by atoms with Gasteiger partial charge in [0.15, 0.2) is 0 Å². The molecule has 0 unspecified atom stereocenters. The van der Waals surface area contributed by atoms with E-state index >= 15 is 0 Å². The summed E-state index contributed by atoms with van der Waals surface area (Å²) in [5, 5.41) is 9.87. The molecule has 0 saturated heterocycles. The number of rotatable bonds is 10. The van der Waals surface area contributed by atoms with Crippen molar-refractivity contribution < 1.29 is 18.3 Å². The number of carbonyl (C=O) groups is 1. The van der Waals surface area contributed by atoms with Crippen LogP contribution in [-0.2, 0) is 10.0 Å². The number of hydrogen-bond acceptors (Lipinski definition) is 4. The first kappa shape index (κ1) is 26.1. The van der Waals surface area contributed by atoms with E-state index in [4.69, 9.17) is 0 Å². The topological polar surface area (TPSA) is 86.7 Å². The third-order valence-electron chi connectivity index (χ3n) is 6.26. The molecule has 0 aliphatic heterocycles. The minimum Gasteiger partial charge on any atom is -0.478 e. The molecule has 2 aromatic carbocycles. The van der Waals surface area contributed by atoms with Gasteiger partial charge in [0, 0.05) is 18.8 Å². The molecule has 0 atom stereocenters. The molecule has 2 N–H and O–H groups in total. The molecule has 3 rings (SSSR count). The summed E-state index contributed by atoms with van der Waals surface area (Å²) in [7, 11) is -3.83. The molecule has 0 heterocycles. The van der Waals surface area contributed by atoms with Crippen LogP contribution >= 0.6 is 0 Å². The second-order valence-electron chi connectivity index (χ2n) is 10.2. The minimum absolute atomic E-state index is 0.0918. The maximum absolute atomic E-state index is 13.0. The predicted octanol–water partition coefficient (Wildman–Crippen LogP) is 6.35. The highest BCUT2D eigenvalue weighted by Crippen LogP contribution is 2.33. The number of anilines is 2. The molecule has 1 aliphatic rings. The number of nitrogens with zero attached hydrogens (tertiary/aromatic N) is 1. The quantitative estimate of drug-likeness (QED) is 0.408. The van der Waals surface area contributed by atoms with Crippen molar-refractivity contribution in [1.82, 2.24) is 0 Å². The van der Waals surface area contributed by atoms with E-state index < -0.39 is 16.0 Å². The van der Waals surface area contributed by atoms with E-state index in [-0.39, 0.29) is 16.1 Å². The van der Waals surface area contributed by atoms with E-state index in [2.05, 4.69) is 37.3 Å². The van der Waals surface area contributed by atoms with Crippen molar-refractivity contribution in [3.8, 4) is 0 Å². The van der Waals surface area contributed by atoms with Gasteiger partial charge in [0.05, 0.1) is 16.1 Å². The molecule has 186 valence electrons. The van der Waals surface area contributed by atoms with Crippen LogP contribution in [-0.4, -0.2) is 32.6 Å². The van der Waals surface area contributed by atoms with Gasteiger partial charge in [-0.3, -0.25) is 4.72 Å². The molecule has 0 radical (unpaired) electrons. The average molecular weight is 487 g/mol. The molecule has 0 bridgehead atoms. The lowest BCUT2D eigenvalue weighted by atomic mass is 9.84. The van der Waals surface area contributed by atoms with Crippen molar-refractivity contribution in [2.45, 2.75) is 70.6 Å². The SMILES string of the molecule is CC(C)CN(CC(C)C)c1ccc(NS(=O)(=O)c2ccc(C3CCCCC3)cc2)cc1C(=O)O. The summed E-state index contributed by atoms with van der Waals surface area (Å²) in [6.07, 6.45) is 6.02. The summed E-state index contributed by atoms with van der Waals surface area (Å²) >= 11 is 0. The van der Waals surface area contributed by atoms with E-state index in [1.54, 1.807) is 24.3 Å². The lowest BCUT2D eigenvalue weighted by molar-refractivity contribution is 0.0697. The molecular formula is C27H38N2O4S. The second kappa shape index (κ2) is 11.3. The summed E-state index contributed by atoms with van der Waals surface area (Å²) in [5.74, 6) is 0.138. The number of hydrogen-bond donors (Lipinski definition) is 2. The molecule has 6 nitrogen and oxygen atoms in total. The first-order chi connectivity index (χ1) is 16.1. The van der Waals surface area contributed by atoms with Crippen molar-refractivity contribution in [2.75, 3.05) is 22.7 Å². The number of carboxylic acid groups (broad SMARTS) is 1. The Balaban J connectivity index is 1.84. The zero-order valence-corrected chi connectivity index (χ0v) is 21.6. The van der Waals surface area contributed by atoms with Gasteiger partial charge in [-0.2, -0.15) is 0 Å². The Labute approximate surface area is 204 Å². The van der Waals surface area contributed by atoms with Crippen LogP contribution in [0.15, 0.2) is 47.4 Å². The second-order valence-corrected chi connectivity index (χ2v) is 11.9. The molecule has 34 heavy (non-hydrogen) atoms. The van der Waals surface area contributed by atoms with Crippen molar-refractivity contribution in [1.29, 1.82) is 0 Å². The van der Waals surface area contributed by atoms with Crippen molar-refractivity contribution >= 4 is 27.4 Å². The van der Waals surface area contributed by atoms with Gasteiger partial charge in [0.1, 0.15) is 0 Å². The standard InChI is InChI=1S/C27H38N2O4S/c1-19(2)17-29(18-20(3)4)26-15-12-23(16-25(26)27(30)31)28-34(32,33)24-13-10-22(11-14-24)21-8-6-5-7-9-21/h10-16,19-21,28H,5-9,17-18H2,1-4H3,(H,30,31). The van der Waals surface area contributed by atoms with Crippen LogP contribution in [0, 0.1) is 11.8 Å². The van der Waals surface area contributed by atoms with E-state index in [0.29, 0.717) is 23.4 Å². The van der Waals surface area contributed by atoms with E-state index in [9.17, 15) is 18.3 Å². The Morgan fingerprint density at radius 1 is 0.971 bits per heavy atom. The normalized spacial score (nSPS) is 15.0.